The summed E-state index contributed by atoms with van der Waals surface area (Å²) in [5.41, 5.74) is 0. The second-order valence-corrected chi connectivity index (χ2v) is 6.35. The van der Waals surface area contributed by atoms with E-state index in [2.05, 4.69) is 28.6 Å². The third-order valence-corrected chi connectivity index (χ3v) is 4.10. The van der Waals surface area contributed by atoms with Gasteiger partial charge in [0, 0.05) is 37.7 Å². The lowest BCUT2D eigenvalue weighted by Crippen LogP contribution is -2.38. The number of rotatable bonds is 10. The van der Waals surface area contributed by atoms with Gasteiger partial charge in [-0.1, -0.05) is 11.6 Å². The van der Waals surface area contributed by atoms with E-state index in [0.29, 0.717) is 0 Å². The molecule has 0 aliphatic heterocycles. The molecule has 0 aromatic carbocycles. The third-order valence-electron chi connectivity index (χ3n) is 2.81. The number of nitrogens with zero attached hydrogens (tertiary/aromatic N) is 1. The van der Waals surface area contributed by atoms with E-state index in [-0.39, 0.29) is 24.0 Å². The molecule has 22 heavy (non-hydrogen) atoms. The number of aliphatic imine (C=N–C) groups is 1. The van der Waals surface area contributed by atoms with Crippen LogP contribution in [-0.2, 0) is 11.2 Å². The number of unbranched alkanes of at least 4 members (excludes halogenated alkanes) is 1. The van der Waals surface area contributed by atoms with Crippen LogP contribution in [0.1, 0.15) is 31.6 Å². The minimum Gasteiger partial charge on any atom is -0.382 e. The van der Waals surface area contributed by atoms with Crippen molar-refractivity contribution in [2.24, 2.45) is 4.99 Å². The molecule has 1 aromatic rings. The Balaban J connectivity index is 0.00000441. The number of guanidine groups is 1. The minimum atomic E-state index is 0. The van der Waals surface area contributed by atoms with Gasteiger partial charge in [-0.25, -0.2) is 0 Å². The van der Waals surface area contributed by atoms with Crippen LogP contribution in [-0.4, -0.2) is 38.8 Å². The predicted molar refractivity (Wildman–Crippen MR) is 108 cm³/mol. The minimum absolute atomic E-state index is 0. The molecule has 0 radical (unpaired) electrons. The number of thiophene rings is 1. The van der Waals surface area contributed by atoms with Crippen molar-refractivity contribution in [3.63, 3.8) is 0 Å². The fourth-order valence-corrected chi connectivity index (χ4v) is 2.87. The highest BCUT2D eigenvalue weighted by atomic mass is 127. The van der Waals surface area contributed by atoms with Crippen molar-refractivity contribution in [1.82, 2.24) is 10.6 Å². The maximum atomic E-state index is 5.92. The van der Waals surface area contributed by atoms with Gasteiger partial charge < -0.3 is 15.4 Å². The monoisotopic (exact) mass is 459 g/mol. The fraction of sp³-hybridized carbons (Fsp3) is 0.667. The molecule has 0 saturated heterocycles. The van der Waals surface area contributed by atoms with Crippen molar-refractivity contribution in [3.8, 4) is 0 Å². The Morgan fingerprint density at radius 1 is 1.27 bits per heavy atom. The van der Waals surface area contributed by atoms with Crippen molar-refractivity contribution >= 4 is 52.9 Å². The summed E-state index contributed by atoms with van der Waals surface area (Å²) in [7, 11) is 0. The van der Waals surface area contributed by atoms with Crippen molar-refractivity contribution < 1.29 is 4.74 Å². The number of halogens is 2. The Hall–Kier alpha value is -0.0500. The van der Waals surface area contributed by atoms with E-state index in [9.17, 15) is 0 Å². The van der Waals surface area contributed by atoms with E-state index in [4.69, 9.17) is 16.3 Å². The molecule has 1 rings (SSSR count). The van der Waals surface area contributed by atoms with E-state index in [0.717, 1.165) is 62.4 Å². The molecule has 0 aliphatic carbocycles. The first-order valence-electron chi connectivity index (χ1n) is 7.60. The highest BCUT2D eigenvalue weighted by Crippen LogP contribution is 2.21. The topological polar surface area (TPSA) is 45.7 Å². The van der Waals surface area contributed by atoms with Crippen LogP contribution < -0.4 is 10.6 Å². The molecule has 0 saturated carbocycles. The zero-order chi connectivity index (χ0) is 15.3. The summed E-state index contributed by atoms with van der Waals surface area (Å²) in [5.74, 6) is 0.886. The largest absolute Gasteiger partial charge is 0.382 e. The van der Waals surface area contributed by atoms with Crippen LogP contribution in [0.2, 0.25) is 4.34 Å². The van der Waals surface area contributed by atoms with Gasteiger partial charge in [0.1, 0.15) is 0 Å². The summed E-state index contributed by atoms with van der Waals surface area (Å²) in [6, 6.07) is 4.02. The number of hydrogen-bond acceptors (Lipinski definition) is 3. The quantitative estimate of drug-likeness (QED) is 0.241. The fourth-order valence-electron chi connectivity index (χ4n) is 1.78. The summed E-state index contributed by atoms with van der Waals surface area (Å²) in [5, 5.41) is 6.61. The Kier molecular flexibility index (Phi) is 14.5. The third kappa shape index (κ3) is 10.6. The van der Waals surface area contributed by atoms with Gasteiger partial charge in [0.25, 0.3) is 0 Å². The summed E-state index contributed by atoms with van der Waals surface area (Å²) in [6.07, 6.45) is 3.08. The molecule has 0 bridgehead atoms. The zero-order valence-electron chi connectivity index (χ0n) is 13.4. The van der Waals surface area contributed by atoms with Crippen LogP contribution >= 0.6 is 46.9 Å². The maximum Gasteiger partial charge on any atom is 0.191 e. The SMILES string of the molecule is CCNC(=NCCCCOCC)NCCc1ccc(Cl)s1.I. The predicted octanol–water partition coefficient (Wildman–Crippen LogP) is 3.93. The number of nitrogens with one attached hydrogen (secondary N) is 2. The van der Waals surface area contributed by atoms with Crippen molar-refractivity contribution in [2.45, 2.75) is 33.1 Å². The van der Waals surface area contributed by atoms with Crippen LogP contribution in [0.4, 0.5) is 0 Å². The van der Waals surface area contributed by atoms with Crippen LogP contribution in [0.5, 0.6) is 0 Å². The molecule has 1 aromatic heterocycles. The molecule has 1 heterocycles. The number of ether oxygens (including phenoxy) is 1. The van der Waals surface area contributed by atoms with Gasteiger partial charge in [-0.3, -0.25) is 4.99 Å². The molecule has 0 spiro atoms. The standard InChI is InChI=1S/C15H26ClN3OS.HI/c1-3-17-15(18-10-5-6-12-20-4-2)19-11-9-13-7-8-14(16)21-13;/h7-8H,3-6,9-12H2,1-2H3,(H2,17,18,19);1H. The average molecular weight is 460 g/mol. The maximum absolute atomic E-state index is 5.92. The first-order chi connectivity index (χ1) is 10.3. The molecule has 7 heteroatoms. The van der Waals surface area contributed by atoms with Crippen molar-refractivity contribution in [2.75, 3.05) is 32.8 Å². The lowest BCUT2D eigenvalue weighted by atomic mass is 10.3. The van der Waals surface area contributed by atoms with Crippen LogP contribution in [0, 0.1) is 0 Å². The normalized spacial score (nSPS) is 11.1. The highest BCUT2D eigenvalue weighted by molar-refractivity contribution is 14.0. The molecule has 0 aliphatic rings. The van der Waals surface area contributed by atoms with Gasteiger partial charge in [0.15, 0.2) is 5.96 Å². The Bertz CT molecular complexity index is 415. The second kappa shape index (κ2) is 14.5. The first kappa shape index (κ1) is 21.9. The van der Waals surface area contributed by atoms with Gasteiger partial charge in [0.05, 0.1) is 4.34 Å². The molecule has 128 valence electrons. The molecule has 0 fully saturated rings. The van der Waals surface area contributed by atoms with Crippen LogP contribution in [0.15, 0.2) is 17.1 Å². The van der Waals surface area contributed by atoms with Gasteiger partial charge in [-0.05, 0) is 45.2 Å². The van der Waals surface area contributed by atoms with E-state index < -0.39 is 0 Å². The zero-order valence-corrected chi connectivity index (χ0v) is 17.3. The van der Waals surface area contributed by atoms with E-state index >= 15 is 0 Å². The molecular weight excluding hydrogens is 433 g/mol. The lowest BCUT2D eigenvalue weighted by molar-refractivity contribution is 0.144. The van der Waals surface area contributed by atoms with Crippen LogP contribution in [0.25, 0.3) is 0 Å². The molecule has 2 N–H and O–H groups in total. The van der Waals surface area contributed by atoms with Crippen molar-refractivity contribution in [1.29, 1.82) is 0 Å². The molecule has 0 amide bonds. The van der Waals surface area contributed by atoms with Crippen molar-refractivity contribution in [3.05, 3.63) is 21.3 Å². The summed E-state index contributed by atoms with van der Waals surface area (Å²) >= 11 is 7.56. The lowest BCUT2D eigenvalue weighted by Gasteiger charge is -2.10. The van der Waals surface area contributed by atoms with Gasteiger partial charge in [-0.2, -0.15) is 0 Å². The van der Waals surface area contributed by atoms with E-state index in [1.54, 1.807) is 11.3 Å². The van der Waals surface area contributed by atoms with E-state index in [1.165, 1.54) is 4.88 Å². The molecule has 0 unspecified atom stereocenters. The molecule has 0 atom stereocenters. The van der Waals surface area contributed by atoms with Gasteiger partial charge in [-0.15, -0.1) is 35.3 Å². The smallest absolute Gasteiger partial charge is 0.191 e. The summed E-state index contributed by atoms with van der Waals surface area (Å²) < 4.78 is 6.16. The van der Waals surface area contributed by atoms with E-state index in [1.807, 2.05) is 13.0 Å². The second-order valence-electron chi connectivity index (χ2n) is 4.55. The van der Waals surface area contributed by atoms with Gasteiger partial charge >= 0.3 is 0 Å². The van der Waals surface area contributed by atoms with Gasteiger partial charge in [0.2, 0.25) is 0 Å². The average Bonchev–Trinajstić information content (AvgIpc) is 2.88. The summed E-state index contributed by atoms with van der Waals surface area (Å²) in [6.45, 7) is 8.28. The molecular formula is C15H27ClIN3OS. The molecule has 4 nitrogen and oxygen atoms in total. The van der Waals surface area contributed by atoms with Crippen LogP contribution in [0.3, 0.4) is 0 Å². The Labute approximate surface area is 160 Å². The Morgan fingerprint density at radius 2 is 2.09 bits per heavy atom. The Morgan fingerprint density at radius 3 is 2.73 bits per heavy atom. The number of hydrogen-bond donors (Lipinski definition) is 2. The first-order valence-corrected chi connectivity index (χ1v) is 8.79. The highest BCUT2D eigenvalue weighted by Gasteiger charge is 2.00. The summed E-state index contributed by atoms with van der Waals surface area (Å²) in [4.78, 5) is 5.86.